The first-order chi connectivity index (χ1) is 8.56. The minimum Gasteiger partial charge on any atom is -0.496 e. The monoisotopic (exact) mass is 249 g/mol. The van der Waals surface area contributed by atoms with E-state index >= 15 is 0 Å². The Balaban J connectivity index is 2.56. The van der Waals surface area contributed by atoms with Crippen molar-refractivity contribution in [1.82, 2.24) is 0 Å². The third-order valence-electron chi connectivity index (χ3n) is 3.09. The van der Waals surface area contributed by atoms with Gasteiger partial charge < -0.3 is 19.6 Å². The number of furan rings is 1. The van der Waals surface area contributed by atoms with Crippen LogP contribution in [0, 0.1) is 5.92 Å². The fraction of sp³-hybridized carbons (Fsp3) is 0.429. The second-order valence-corrected chi connectivity index (χ2v) is 4.66. The van der Waals surface area contributed by atoms with Crippen molar-refractivity contribution in [2.75, 3.05) is 14.2 Å². The summed E-state index contributed by atoms with van der Waals surface area (Å²) in [5, 5.41) is 0.921. The average molecular weight is 249 g/mol. The number of ether oxygens (including phenoxy) is 2. The third-order valence-corrected chi connectivity index (χ3v) is 3.09. The second kappa shape index (κ2) is 4.90. The maximum absolute atomic E-state index is 6.10. The average Bonchev–Trinajstić information content (AvgIpc) is 2.79. The molecule has 18 heavy (non-hydrogen) atoms. The number of rotatable bonds is 4. The van der Waals surface area contributed by atoms with Crippen LogP contribution in [0.3, 0.4) is 0 Å². The van der Waals surface area contributed by atoms with Gasteiger partial charge in [0.1, 0.15) is 22.8 Å². The molecule has 0 aliphatic heterocycles. The van der Waals surface area contributed by atoms with Gasteiger partial charge >= 0.3 is 0 Å². The van der Waals surface area contributed by atoms with Gasteiger partial charge in [0.2, 0.25) is 0 Å². The van der Waals surface area contributed by atoms with Crippen LogP contribution in [0.15, 0.2) is 22.6 Å². The highest BCUT2D eigenvalue weighted by atomic mass is 16.5. The molecule has 0 fully saturated rings. The molecule has 4 nitrogen and oxygen atoms in total. The van der Waals surface area contributed by atoms with Crippen molar-refractivity contribution in [2.24, 2.45) is 11.7 Å². The Morgan fingerprint density at radius 2 is 1.83 bits per heavy atom. The molecule has 0 radical (unpaired) electrons. The van der Waals surface area contributed by atoms with E-state index in [1.807, 2.05) is 18.2 Å². The highest BCUT2D eigenvalue weighted by Gasteiger charge is 2.18. The molecule has 0 spiro atoms. The van der Waals surface area contributed by atoms with Crippen molar-refractivity contribution in [2.45, 2.75) is 19.9 Å². The molecule has 1 unspecified atom stereocenters. The van der Waals surface area contributed by atoms with Crippen LogP contribution in [0.1, 0.15) is 25.6 Å². The zero-order chi connectivity index (χ0) is 13.3. The molecule has 2 N–H and O–H groups in total. The Bertz CT molecular complexity index is 545. The normalized spacial score (nSPS) is 13.0. The summed E-state index contributed by atoms with van der Waals surface area (Å²) >= 11 is 0. The predicted molar refractivity (Wildman–Crippen MR) is 71.1 cm³/mol. The molecule has 0 amide bonds. The number of hydrogen-bond donors (Lipinski definition) is 1. The molecule has 0 saturated carbocycles. The van der Waals surface area contributed by atoms with E-state index in [1.54, 1.807) is 14.2 Å². The zero-order valence-electron chi connectivity index (χ0n) is 11.2. The number of benzene rings is 1. The largest absolute Gasteiger partial charge is 0.496 e. The number of methoxy groups -OCH3 is 2. The highest BCUT2D eigenvalue weighted by Crippen LogP contribution is 2.35. The van der Waals surface area contributed by atoms with E-state index < -0.39 is 0 Å². The number of nitrogens with two attached hydrogens (primary N) is 1. The summed E-state index contributed by atoms with van der Waals surface area (Å²) in [5.41, 5.74) is 6.83. The van der Waals surface area contributed by atoms with E-state index in [4.69, 9.17) is 19.6 Å². The van der Waals surface area contributed by atoms with Gasteiger partial charge in [0.25, 0.3) is 0 Å². The van der Waals surface area contributed by atoms with Crippen LogP contribution in [-0.2, 0) is 0 Å². The van der Waals surface area contributed by atoms with Crippen LogP contribution in [0.4, 0.5) is 0 Å². The topological polar surface area (TPSA) is 57.6 Å². The van der Waals surface area contributed by atoms with Crippen LogP contribution < -0.4 is 15.2 Å². The molecule has 0 saturated heterocycles. The van der Waals surface area contributed by atoms with Crippen molar-refractivity contribution in [3.05, 3.63) is 24.0 Å². The Hall–Kier alpha value is -1.68. The fourth-order valence-electron chi connectivity index (χ4n) is 1.88. The van der Waals surface area contributed by atoms with Crippen LogP contribution in [0.2, 0.25) is 0 Å². The Morgan fingerprint density at radius 3 is 2.39 bits per heavy atom. The van der Waals surface area contributed by atoms with Crippen molar-refractivity contribution >= 4 is 11.0 Å². The van der Waals surface area contributed by atoms with Gasteiger partial charge in [0.15, 0.2) is 0 Å². The van der Waals surface area contributed by atoms with Crippen LogP contribution in [-0.4, -0.2) is 14.2 Å². The highest BCUT2D eigenvalue weighted by molar-refractivity contribution is 5.86. The SMILES string of the molecule is COc1cc(OC)c2cc(C(N)C(C)C)oc2c1. The predicted octanol–water partition coefficient (Wildman–Crippen LogP) is 3.11. The minimum atomic E-state index is -0.117. The Kier molecular flexibility index (Phi) is 3.48. The van der Waals surface area contributed by atoms with E-state index in [0.717, 1.165) is 22.5 Å². The number of hydrogen-bond acceptors (Lipinski definition) is 4. The first-order valence-electron chi connectivity index (χ1n) is 5.98. The van der Waals surface area contributed by atoms with Gasteiger partial charge in [-0.3, -0.25) is 0 Å². The lowest BCUT2D eigenvalue weighted by Crippen LogP contribution is -2.15. The van der Waals surface area contributed by atoms with Gasteiger partial charge in [-0.1, -0.05) is 13.8 Å². The molecule has 1 aromatic heterocycles. The maximum atomic E-state index is 6.10. The zero-order valence-corrected chi connectivity index (χ0v) is 11.2. The summed E-state index contributed by atoms with van der Waals surface area (Å²) in [5.74, 6) is 2.53. The lowest BCUT2D eigenvalue weighted by molar-refractivity contribution is 0.395. The second-order valence-electron chi connectivity index (χ2n) is 4.66. The van der Waals surface area contributed by atoms with E-state index in [2.05, 4.69) is 13.8 Å². The van der Waals surface area contributed by atoms with Crippen LogP contribution >= 0.6 is 0 Å². The minimum absolute atomic E-state index is 0.117. The summed E-state index contributed by atoms with van der Waals surface area (Å²) in [6, 6.07) is 5.50. The molecule has 98 valence electrons. The number of fused-ring (bicyclic) bond motifs is 1. The molecule has 0 aliphatic rings. The van der Waals surface area contributed by atoms with E-state index in [-0.39, 0.29) is 6.04 Å². The molecule has 2 aromatic rings. The summed E-state index contributed by atoms with van der Waals surface area (Å²) in [6.07, 6.45) is 0. The van der Waals surface area contributed by atoms with Crippen LogP contribution in [0.25, 0.3) is 11.0 Å². The quantitative estimate of drug-likeness (QED) is 0.904. The molecule has 0 aliphatic carbocycles. The van der Waals surface area contributed by atoms with Crippen molar-refractivity contribution in [3.8, 4) is 11.5 Å². The molecule has 1 heterocycles. The molecule has 1 aromatic carbocycles. The lowest BCUT2D eigenvalue weighted by Gasteiger charge is -2.11. The lowest BCUT2D eigenvalue weighted by atomic mass is 10.0. The van der Waals surface area contributed by atoms with Gasteiger partial charge in [-0.15, -0.1) is 0 Å². The van der Waals surface area contributed by atoms with E-state index in [9.17, 15) is 0 Å². The summed E-state index contributed by atoms with van der Waals surface area (Å²) in [7, 11) is 3.24. The third kappa shape index (κ3) is 2.16. The molecule has 4 heteroatoms. The van der Waals surface area contributed by atoms with Gasteiger partial charge in [0.05, 0.1) is 25.6 Å². The van der Waals surface area contributed by atoms with Gasteiger partial charge in [-0.25, -0.2) is 0 Å². The van der Waals surface area contributed by atoms with Gasteiger partial charge in [0, 0.05) is 12.1 Å². The Labute approximate surface area is 107 Å². The van der Waals surface area contributed by atoms with Gasteiger partial charge in [-0.2, -0.15) is 0 Å². The molecule has 2 rings (SSSR count). The summed E-state index contributed by atoms with van der Waals surface area (Å²) < 4.78 is 16.3. The summed E-state index contributed by atoms with van der Waals surface area (Å²) in [4.78, 5) is 0. The summed E-state index contributed by atoms with van der Waals surface area (Å²) in [6.45, 7) is 4.13. The fourth-order valence-corrected chi connectivity index (χ4v) is 1.88. The van der Waals surface area contributed by atoms with Crippen LogP contribution in [0.5, 0.6) is 11.5 Å². The first-order valence-corrected chi connectivity index (χ1v) is 5.98. The van der Waals surface area contributed by atoms with Crippen molar-refractivity contribution in [1.29, 1.82) is 0 Å². The molecular formula is C14H19NO3. The standard InChI is InChI=1S/C14H19NO3/c1-8(2)14(15)13-7-10-11(17-4)5-9(16-3)6-12(10)18-13/h5-8,14H,15H2,1-4H3. The Morgan fingerprint density at radius 1 is 1.11 bits per heavy atom. The first kappa shape index (κ1) is 12.8. The van der Waals surface area contributed by atoms with E-state index in [1.165, 1.54) is 0 Å². The van der Waals surface area contributed by atoms with Gasteiger partial charge in [-0.05, 0) is 12.0 Å². The molecular weight excluding hydrogens is 230 g/mol. The van der Waals surface area contributed by atoms with Crippen molar-refractivity contribution in [3.63, 3.8) is 0 Å². The van der Waals surface area contributed by atoms with Crippen molar-refractivity contribution < 1.29 is 13.9 Å². The maximum Gasteiger partial charge on any atom is 0.141 e. The molecule has 1 atom stereocenters. The van der Waals surface area contributed by atoms with E-state index in [0.29, 0.717) is 11.7 Å². The molecule has 0 bridgehead atoms. The smallest absolute Gasteiger partial charge is 0.141 e.